The Bertz CT molecular complexity index is 1030. The SMILES string of the molecule is Cn1c2ccc(-c3ccc(C#N)cc3)cc2c2ccncc21. The Morgan fingerprint density at radius 2 is 1.68 bits per heavy atom. The van der Waals surface area contributed by atoms with Crippen LogP contribution in [-0.4, -0.2) is 9.55 Å². The lowest BCUT2D eigenvalue weighted by Gasteiger charge is -2.03. The minimum absolute atomic E-state index is 0.682. The molecule has 0 unspecified atom stereocenters. The van der Waals surface area contributed by atoms with E-state index >= 15 is 0 Å². The molecule has 104 valence electrons. The van der Waals surface area contributed by atoms with Gasteiger partial charge in [-0.25, -0.2) is 0 Å². The molecule has 0 aliphatic carbocycles. The van der Waals surface area contributed by atoms with E-state index in [2.05, 4.69) is 46.9 Å². The molecular weight excluding hydrogens is 270 g/mol. The quantitative estimate of drug-likeness (QED) is 0.523. The molecule has 0 fully saturated rings. The largest absolute Gasteiger partial charge is 0.342 e. The summed E-state index contributed by atoms with van der Waals surface area (Å²) in [5.74, 6) is 0. The topological polar surface area (TPSA) is 41.6 Å². The van der Waals surface area contributed by atoms with Gasteiger partial charge in [-0.2, -0.15) is 5.26 Å². The molecule has 0 aliphatic heterocycles. The van der Waals surface area contributed by atoms with Crippen LogP contribution in [-0.2, 0) is 7.05 Å². The summed E-state index contributed by atoms with van der Waals surface area (Å²) in [5, 5.41) is 11.3. The summed E-state index contributed by atoms with van der Waals surface area (Å²) in [7, 11) is 2.06. The molecule has 2 aromatic heterocycles. The number of aryl methyl sites for hydroxylation is 1. The minimum Gasteiger partial charge on any atom is -0.342 e. The maximum absolute atomic E-state index is 8.90. The summed E-state index contributed by atoms with van der Waals surface area (Å²) in [6, 6.07) is 18.4. The molecule has 0 amide bonds. The average molecular weight is 283 g/mol. The van der Waals surface area contributed by atoms with Gasteiger partial charge in [0.25, 0.3) is 0 Å². The first-order chi connectivity index (χ1) is 10.8. The first-order valence-corrected chi connectivity index (χ1v) is 7.10. The monoisotopic (exact) mass is 283 g/mol. The lowest BCUT2D eigenvalue weighted by atomic mass is 10.0. The van der Waals surface area contributed by atoms with Crippen LogP contribution in [0, 0.1) is 11.3 Å². The summed E-state index contributed by atoms with van der Waals surface area (Å²) in [6.45, 7) is 0. The number of fused-ring (bicyclic) bond motifs is 3. The van der Waals surface area contributed by atoms with Crippen LogP contribution in [0.2, 0.25) is 0 Å². The second kappa shape index (κ2) is 4.71. The van der Waals surface area contributed by atoms with Crippen molar-refractivity contribution in [1.29, 1.82) is 5.26 Å². The smallest absolute Gasteiger partial charge is 0.0991 e. The van der Waals surface area contributed by atoms with Gasteiger partial charge in [-0.05, 0) is 41.5 Å². The highest BCUT2D eigenvalue weighted by Crippen LogP contribution is 2.31. The van der Waals surface area contributed by atoms with E-state index in [9.17, 15) is 0 Å². The molecule has 0 N–H and O–H groups in total. The van der Waals surface area contributed by atoms with Gasteiger partial charge in [0.2, 0.25) is 0 Å². The Hall–Kier alpha value is -3.12. The highest BCUT2D eigenvalue weighted by molar-refractivity contribution is 6.08. The van der Waals surface area contributed by atoms with Crippen LogP contribution in [0.25, 0.3) is 32.9 Å². The summed E-state index contributed by atoms with van der Waals surface area (Å²) < 4.78 is 2.17. The molecule has 0 bridgehead atoms. The van der Waals surface area contributed by atoms with E-state index in [0.717, 1.165) is 16.6 Å². The van der Waals surface area contributed by atoms with E-state index in [1.807, 2.05) is 36.7 Å². The molecule has 0 aliphatic rings. The molecule has 3 heteroatoms. The minimum atomic E-state index is 0.682. The second-order valence-corrected chi connectivity index (χ2v) is 5.37. The predicted molar refractivity (Wildman–Crippen MR) is 88.4 cm³/mol. The van der Waals surface area contributed by atoms with Crippen molar-refractivity contribution in [2.45, 2.75) is 0 Å². The van der Waals surface area contributed by atoms with Gasteiger partial charge < -0.3 is 4.57 Å². The van der Waals surface area contributed by atoms with Crippen LogP contribution in [0.5, 0.6) is 0 Å². The fourth-order valence-corrected chi connectivity index (χ4v) is 2.97. The van der Waals surface area contributed by atoms with Crippen molar-refractivity contribution in [2.24, 2.45) is 7.05 Å². The van der Waals surface area contributed by atoms with E-state index in [-0.39, 0.29) is 0 Å². The van der Waals surface area contributed by atoms with Crippen molar-refractivity contribution in [2.75, 3.05) is 0 Å². The maximum Gasteiger partial charge on any atom is 0.0991 e. The molecule has 0 saturated heterocycles. The fourth-order valence-electron chi connectivity index (χ4n) is 2.97. The van der Waals surface area contributed by atoms with Gasteiger partial charge in [0.05, 0.1) is 23.3 Å². The zero-order chi connectivity index (χ0) is 15.1. The Morgan fingerprint density at radius 3 is 2.45 bits per heavy atom. The number of pyridine rings is 1. The van der Waals surface area contributed by atoms with Crippen LogP contribution < -0.4 is 0 Å². The Labute approximate surface area is 128 Å². The zero-order valence-corrected chi connectivity index (χ0v) is 12.1. The Kier molecular flexibility index (Phi) is 2.70. The Balaban J connectivity index is 1.97. The third kappa shape index (κ3) is 1.78. The zero-order valence-electron chi connectivity index (χ0n) is 12.1. The van der Waals surface area contributed by atoms with Crippen molar-refractivity contribution in [3.05, 3.63) is 66.5 Å². The number of rotatable bonds is 1. The van der Waals surface area contributed by atoms with Gasteiger partial charge in [-0.3, -0.25) is 4.98 Å². The molecule has 4 aromatic rings. The van der Waals surface area contributed by atoms with Crippen LogP contribution >= 0.6 is 0 Å². The van der Waals surface area contributed by atoms with Crippen molar-refractivity contribution in [3.63, 3.8) is 0 Å². The van der Waals surface area contributed by atoms with E-state index in [1.54, 1.807) is 0 Å². The van der Waals surface area contributed by atoms with Gasteiger partial charge in [0.1, 0.15) is 0 Å². The fraction of sp³-hybridized carbons (Fsp3) is 0.0526. The third-order valence-electron chi connectivity index (χ3n) is 4.16. The summed E-state index contributed by atoms with van der Waals surface area (Å²) in [6.07, 6.45) is 3.73. The van der Waals surface area contributed by atoms with Crippen molar-refractivity contribution in [1.82, 2.24) is 9.55 Å². The highest BCUT2D eigenvalue weighted by Gasteiger charge is 2.09. The van der Waals surface area contributed by atoms with Crippen LogP contribution in [0.1, 0.15) is 5.56 Å². The molecule has 2 aromatic carbocycles. The van der Waals surface area contributed by atoms with Gasteiger partial charge >= 0.3 is 0 Å². The molecule has 22 heavy (non-hydrogen) atoms. The number of hydrogen-bond donors (Lipinski definition) is 0. The first-order valence-electron chi connectivity index (χ1n) is 7.10. The lowest BCUT2D eigenvalue weighted by Crippen LogP contribution is -1.86. The van der Waals surface area contributed by atoms with Crippen molar-refractivity contribution >= 4 is 21.8 Å². The molecule has 0 spiro atoms. The highest BCUT2D eigenvalue weighted by atomic mass is 14.9. The number of aromatic nitrogens is 2. The number of hydrogen-bond acceptors (Lipinski definition) is 2. The van der Waals surface area contributed by atoms with Crippen LogP contribution in [0.3, 0.4) is 0 Å². The van der Waals surface area contributed by atoms with Crippen molar-refractivity contribution < 1.29 is 0 Å². The van der Waals surface area contributed by atoms with Gasteiger partial charge in [0, 0.05) is 29.5 Å². The van der Waals surface area contributed by atoms with Crippen LogP contribution in [0.15, 0.2) is 60.9 Å². The third-order valence-corrected chi connectivity index (χ3v) is 4.16. The summed E-state index contributed by atoms with van der Waals surface area (Å²) in [4.78, 5) is 4.22. The average Bonchev–Trinajstić information content (AvgIpc) is 2.88. The summed E-state index contributed by atoms with van der Waals surface area (Å²) >= 11 is 0. The van der Waals surface area contributed by atoms with E-state index < -0.39 is 0 Å². The molecule has 4 rings (SSSR count). The van der Waals surface area contributed by atoms with Crippen molar-refractivity contribution in [3.8, 4) is 17.2 Å². The summed E-state index contributed by atoms with van der Waals surface area (Å²) in [5.41, 5.74) is 5.28. The molecule has 0 radical (unpaired) electrons. The maximum atomic E-state index is 8.90. The Morgan fingerprint density at radius 1 is 0.909 bits per heavy atom. The number of nitrogens with zero attached hydrogens (tertiary/aromatic N) is 3. The second-order valence-electron chi connectivity index (χ2n) is 5.37. The number of benzene rings is 2. The van der Waals surface area contributed by atoms with Crippen LogP contribution in [0.4, 0.5) is 0 Å². The first kappa shape index (κ1) is 12.6. The molecular formula is C19H13N3. The van der Waals surface area contributed by atoms with Gasteiger partial charge in [0.15, 0.2) is 0 Å². The number of nitriles is 1. The lowest BCUT2D eigenvalue weighted by molar-refractivity contribution is 1.01. The normalized spacial score (nSPS) is 10.9. The van der Waals surface area contributed by atoms with E-state index in [0.29, 0.717) is 5.56 Å². The molecule has 3 nitrogen and oxygen atoms in total. The molecule has 0 saturated carbocycles. The standard InChI is InChI=1S/C19H13N3/c1-22-18-7-6-15(14-4-2-13(11-20)3-5-14)10-17(18)16-8-9-21-12-19(16)22/h2-10,12H,1H3. The van der Waals surface area contributed by atoms with E-state index in [1.165, 1.54) is 16.3 Å². The van der Waals surface area contributed by atoms with Gasteiger partial charge in [-0.1, -0.05) is 18.2 Å². The molecule has 0 atom stereocenters. The molecule has 2 heterocycles. The van der Waals surface area contributed by atoms with Gasteiger partial charge in [-0.15, -0.1) is 0 Å². The predicted octanol–water partition coefficient (Wildman–Crippen LogP) is 4.27. The van der Waals surface area contributed by atoms with E-state index in [4.69, 9.17) is 5.26 Å².